The number of rotatable bonds is 4. The van der Waals surface area contributed by atoms with E-state index >= 15 is 0 Å². The Kier molecular flexibility index (Phi) is 4.97. The second-order valence-electron chi connectivity index (χ2n) is 5.71. The molecule has 1 aliphatic heterocycles. The molecule has 0 saturated carbocycles. The van der Waals surface area contributed by atoms with E-state index in [1.54, 1.807) is 17.8 Å². The second-order valence-corrected chi connectivity index (χ2v) is 7.46. The summed E-state index contributed by atoms with van der Waals surface area (Å²) in [6.45, 7) is 0.0406. The first-order chi connectivity index (χ1) is 13.6. The van der Waals surface area contributed by atoms with E-state index in [-0.39, 0.29) is 12.5 Å². The number of hydrogen-bond donors (Lipinski definition) is 0. The summed E-state index contributed by atoms with van der Waals surface area (Å²) >= 11 is 4.86. The number of aromatic nitrogens is 1. The van der Waals surface area contributed by atoms with Crippen LogP contribution >= 0.6 is 27.3 Å². The predicted molar refractivity (Wildman–Crippen MR) is 109 cm³/mol. The molecule has 1 aromatic heterocycles. The maximum atomic E-state index is 11.4. The lowest BCUT2D eigenvalue weighted by molar-refractivity contribution is -0.385. The van der Waals surface area contributed by atoms with Crippen molar-refractivity contribution in [3.05, 3.63) is 66.7 Å². The van der Waals surface area contributed by atoms with Crippen LogP contribution in [-0.4, -0.2) is 29.7 Å². The quantitative estimate of drug-likeness (QED) is 0.333. The summed E-state index contributed by atoms with van der Waals surface area (Å²) in [6, 6.07) is 10.7. The number of benzene rings is 2. The smallest absolute Gasteiger partial charge is 0.282 e. The molecule has 3 aromatic rings. The van der Waals surface area contributed by atoms with E-state index in [2.05, 4.69) is 26.0 Å². The van der Waals surface area contributed by atoms with Gasteiger partial charge in [0.15, 0.2) is 11.5 Å². The van der Waals surface area contributed by atoms with Gasteiger partial charge in [-0.1, -0.05) is 28.1 Å². The fraction of sp³-hybridized carbons (Fsp3) is 0.111. The van der Waals surface area contributed by atoms with Gasteiger partial charge in [-0.05, 0) is 18.2 Å². The van der Waals surface area contributed by atoms with Gasteiger partial charge < -0.3 is 9.47 Å². The van der Waals surface area contributed by atoms with Crippen molar-refractivity contribution in [2.75, 3.05) is 13.8 Å². The Labute approximate surface area is 171 Å². The van der Waals surface area contributed by atoms with E-state index in [0.717, 1.165) is 15.7 Å². The van der Waals surface area contributed by atoms with Crippen LogP contribution in [0.2, 0.25) is 0 Å². The molecule has 0 N–H and O–H groups in total. The van der Waals surface area contributed by atoms with Gasteiger partial charge in [0.05, 0.1) is 28.5 Å². The lowest BCUT2D eigenvalue weighted by Gasteiger charge is -2.04. The van der Waals surface area contributed by atoms with Crippen LogP contribution in [0.25, 0.3) is 11.3 Å². The van der Waals surface area contributed by atoms with Gasteiger partial charge in [-0.25, -0.2) is 4.68 Å². The minimum Gasteiger partial charge on any atom is -0.454 e. The standard InChI is InChI=1S/C18H13BrN4O4S/c1-20-18-22(15(9-28-18)11-2-4-13(19)5-3-11)21-8-12-6-16-17(27-10-26-16)7-14(12)23(24)25/h2-9H,10H2,1H3. The first-order valence-electron chi connectivity index (χ1n) is 8.08. The zero-order chi connectivity index (χ0) is 19.7. The molecular formula is C18H13BrN4O4S. The summed E-state index contributed by atoms with van der Waals surface area (Å²) in [4.78, 5) is 15.9. The highest BCUT2D eigenvalue weighted by molar-refractivity contribution is 9.10. The van der Waals surface area contributed by atoms with Crippen LogP contribution in [0.3, 0.4) is 0 Å². The molecule has 0 unspecified atom stereocenters. The highest BCUT2D eigenvalue weighted by atomic mass is 79.9. The van der Waals surface area contributed by atoms with Crippen molar-refractivity contribution < 1.29 is 14.4 Å². The zero-order valence-electron chi connectivity index (χ0n) is 14.5. The first kappa shape index (κ1) is 18.4. The van der Waals surface area contributed by atoms with Crippen molar-refractivity contribution in [1.29, 1.82) is 0 Å². The molecule has 142 valence electrons. The van der Waals surface area contributed by atoms with Crippen LogP contribution in [0, 0.1) is 10.1 Å². The number of ether oxygens (including phenoxy) is 2. The van der Waals surface area contributed by atoms with Crippen LogP contribution in [0.15, 0.2) is 56.3 Å². The summed E-state index contributed by atoms with van der Waals surface area (Å²) in [5, 5.41) is 17.9. The molecule has 0 bridgehead atoms. The van der Waals surface area contributed by atoms with Crippen molar-refractivity contribution >= 4 is 39.2 Å². The van der Waals surface area contributed by atoms with Gasteiger partial charge in [0.2, 0.25) is 11.6 Å². The molecule has 0 fully saturated rings. The minimum absolute atomic E-state index is 0.0406. The number of halogens is 1. The molecule has 8 nitrogen and oxygen atoms in total. The Morgan fingerprint density at radius 3 is 2.64 bits per heavy atom. The molecule has 0 spiro atoms. The van der Waals surface area contributed by atoms with Gasteiger partial charge >= 0.3 is 0 Å². The number of fused-ring (bicyclic) bond motifs is 1. The highest BCUT2D eigenvalue weighted by Crippen LogP contribution is 2.37. The van der Waals surface area contributed by atoms with E-state index in [1.165, 1.54) is 23.6 Å². The van der Waals surface area contributed by atoms with E-state index in [9.17, 15) is 10.1 Å². The first-order valence-corrected chi connectivity index (χ1v) is 9.76. The molecule has 0 amide bonds. The average molecular weight is 461 g/mol. The molecule has 4 rings (SSSR count). The van der Waals surface area contributed by atoms with Crippen molar-refractivity contribution in [2.45, 2.75) is 0 Å². The molecule has 0 saturated heterocycles. The minimum atomic E-state index is -0.470. The molecule has 10 heteroatoms. The number of hydrogen-bond acceptors (Lipinski definition) is 7. The topological polar surface area (TPSA) is 91.2 Å². The van der Waals surface area contributed by atoms with Gasteiger partial charge in [-0.15, -0.1) is 11.3 Å². The Hall–Kier alpha value is -2.98. The van der Waals surface area contributed by atoms with E-state index in [1.807, 2.05) is 29.6 Å². The number of nitro benzene ring substituents is 1. The van der Waals surface area contributed by atoms with Crippen LogP contribution in [0.5, 0.6) is 11.5 Å². The number of nitrogens with zero attached hydrogens (tertiary/aromatic N) is 4. The maximum Gasteiger partial charge on any atom is 0.282 e. The molecular weight excluding hydrogens is 448 g/mol. The maximum absolute atomic E-state index is 11.4. The van der Waals surface area contributed by atoms with Crippen LogP contribution in [0.4, 0.5) is 5.69 Å². The van der Waals surface area contributed by atoms with Gasteiger partial charge in [0, 0.05) is 22.5 Å². The SMILES string of the molecule is CN=c1scc(-c2ccc(Br)cc2)n1N=Cc1cc2c(cc1[N+](=O)[O-])OCO2. The van der Waals surface area contributed by atoms with Gasteiger partial charge in [-0.3, -0.25) is 15.1 Å². The molecule has 0 aliphatic carbocycles. The summed E-state index contributed by atoms with van der Waals surface area (Å²) in [7, 11) is 1.67. The monoisotopic (exact) mass is 460 g/mol. The lowest BCUT2D eigenvalue weighted by atomic mass is 10.1. The normalized spacial score (nSPS) is 13.4. The summed E-state index contributed by atoms with van der Waals surface area (Å²) in [5.41, 5.74) is 1.99. The van der Waals surface area contributed by atoms with Gasteiger partial charge in [0.25, 0.3) is 5.69 Å². The third kappa shape index (κ3) is 3.43. The average Bonchev–Trinajstić information content (AvgIpc) is 3.32. The van der Waals surface area contributed by atoms with Crippen molar-refractivity contribution in [1.82, 2.24) is 4.68 Å². The Morgan fingerprint density at radius 2 is 1.96 bits per heavy atom. The fourth-order valence-corrected chi connectivity index (χ4v) is 3.78. The lowest BCUT2D eigenvalue weighted by Crippen LogP contribution is -2.11. The predicted octanol–water partition coefficient (Wildman–Crippen LogP) is 4.03. The molecule has 28 heavy (non-hydrogen) atoms. The largest absolute Gasteiger partial charge is 0.454 e. The van der Waals surface area contributed by atoms with Crippen molar-refractivity contribution in [3.63, 3.8) is 0 Å². The fourth-order valence-electron chi connectivity index (χ4n) is 2.71. The molecule has 0 radical (unpaired) electrons. The van der Waals surface area contributed by atoms with Crippen LogP contribution < -0.4 is 14.3 Å². The highest BCUT2D eigenvalue weighted by Gasteiger charge is 2.22. The van der Waals surface area contributed by atoms with Crippen molar-refractivity contribution in [3.8, 4) is 22.8 Å². The molecule has 2 heterocycles. The molecule has 0 atom stereocenters. The Bertz CT molecular complexity index is 1150. The van der Waals surface area contributed by atoms with Gasteiger partial charge in [0.1, 0.15) is 0 Å². The summed E-state index contributed by atoms with van der Waals surface area (Å²) < 4.78 is 13.2. The second kappa shape index (κ2) is 7.56. The Balaban J connectivity index is 1.80. The summed E-state index contributed by atoms with van der Waals surface area (Å²) in [5.74, 6) is 0.808. The van der Waals surface area contributed by atoms with Gasteiger partial charge in [-0.2, -0.15) is 5.10 Å². The van der Waals surface area contributed by atoms with E-state index in [4.69, 9.17) is 9.47 Å². The Morgan fingerprint density at radius 1 is 1.25 bits per heavy atom. The molecule has 2 aromatic carbocycles. The third-order valence-corrected chi connectivity index (χ3v) is 5.48. The number of nitro groups is 1. The van der Waals surface area contributed by atoms with Crippen molar-refractivity contribution in [2.24, 2.45) is 10.1 Å². The van der Waals surface area contributed by atoms with Crippen LogP contribution in [-0.2, 0) is 0 Å². The molecule has 1 aliphatic rings. The number of thiazole rings is 1. The summed E-state index contributed by atoms with van der Waals surface area (Å²) in [6.07, 6.45) is 1.43. The van der Waals surface area contributed by atoms with E-state index in [0.29, 0.717) is 21.9 Å². The zero-order valence-corrected chi connectivity index (χ0v) is 16.9. The van der Waals surface area contributed by atoms with E-state index < -0.39 is 4.92 Å². The van der Waals surface area contributed by atoms with Crippen LogP contribution in [0.1, 0.15) is 5.56 Å². The third-order valence-electron chi connectivity index (χ3n) is 4.05.